The topological polar surface area (TPSA) is 108 Å². The summed E-state index contributed by atoms with van der Waals surface area (Å²) in [7, 11) is 1.60. The highest BCUT2D eigenvalue weighted by Gasteiger charge is 2.16. The number of hydrogen-bond donors (Lipinski definition) is 2. The minimum Gasteiger partial charge on any atom is -0.496 e. The number of nitrogens with zero attached hydrogens (tertiary/aromatic N) is 3. The molecule has 0 unspecified atom stereocenters. The number of aromatic nitrogens is 3. The lowest BCUT2D eigenvalue weighted by molar-refractivity contribution is -0.118. The van der Waals surface area contributed by atoms with E-state index in [1.54, 1.807) is 19.4 Å². The Morgan fingerprint density at radius 2 is 2.15 bits per heavy atom. The van der Waals surface area contributed by atoms with Crippen molar-refractivity contribution in [3.05, 3.63) is 47.9 Å². The third kappa shape index (κ3) is 3.83. The molecule has 1 aromatic carbocycles. The average Bonchev–Trinajstić information content (AvgIpc) is 3.23. The molecule has 0 atom stereocenters. The zero-order valence-corrected chi connectivity index (χ0v) is 15.2. The second-order valence-corrected chi connectivity index (χ2v) is 6.39. The smallest absolute Gasteiger partial charge is 0.230 e. The SMILES string of the molecule is COc1ccccc1CNC(=O)CSc1nnc(-c2ccoc2C)n1N. The number of carbonyl (C=O) groups is 1. The molecule has 3 rings (SSSR count). The van der Waals surface area contributed by atoms with Crippen molar-refractivity contribution in [3.63, 3.8) is 0 Å². The second-order valence-electron chi connectivity index (χ2n) is 5.44. The van der Waals surface area contributed by atoms with Gasteiger partial charge in [-0.3, -0.25) is 4.79 Å². The monoisotopic (exact) mass is 373 g/mol. The molecule has 0 bridgehead atoms. The Morgan fingerprint density at radius 1 is 1.35 bits per heavy atom. The van der Waals surface area contributed by atoms with Crippen LogP contribution in [0.2, 0.25) is 0 Å². The zero-order valence-electron chi connectivity index (χ0n) is 14.4. The second kappa shape index (κ2) is 7.96. The Balaban J connectivity index is 1.57. The molecule has 8 nitrogen and oxygen atoms in total. The van der Waals surface area contributed by atoms with Crippen LogP contribution in [0.15, 0.2) is 46.2 Å². The van der Waals surface area contributed by atoms with Crippen molar-refractivity contribution in [1.29, 1.82) is 0 Å². The van der Waals surface area contributed by atoms with Gasteiger partial charge in [0.15, 0.2) is 5.82 Å². The fraction of sp³-hybridized carbons (Fsp3) is 0.235. The molecule has 0 saturated carbocycles. The summed E-state index contributed by atoms with van der Waals surface area (Å²) in [5, 5.41) is 11.4. The van der Waals surface area contributed by atoms with Gasteiger partial charge in [-0.2, -0.15) is 0 Å². The van der Waals surface area contributed by atoms with Gasteiger partial charge in [0.05, 0.1) is 24.7 Å². The minimum atomic E-state index is -0.134. The summed E-state index contributed by atoms with van der Waals surface area (Å²) in [5.41, 5.74) is 1.68. The molecular weight excluding hydrogens is 354 g/mol. The van der Waals surface area contributed by atoms with E-state index < -0.39 is 0 Å². The van der Waals surface area contributed by atoms with E-state index in [9.17, 15) is 4.79 Å². The van der Waals surface area contributed by atoms with E-state index in [0.717, 1.165) is 16.9 Å². The number of furan rings is 1. The molecule has 2 heterocycles. The molecule has 3 aromatic rings. The number of ether oxygens (including phenoxy) is 1. The van der Waals surface area contributed by atoms with Crippen LogP contribution < -0.4 is 15.9 Å². The van der Waals surface area contributed by atoms with E-state index in [0.29, 0.717) is 23.3 Å². The van der Waals surface area contributed by atoms with Crippen molar-refractivity contribution in [1.82, 2.24) is 20.2 Å². The largest absolute Gasteiger partial charge is 0.496 e. The average molecular weight is 373 g/mol. The maximum absolute atomic E-state index is 12.1. The van der Waals surface area contributed by atoms with Gasteiger partial charge in [0.2, 0.25) is 11.1 Å². The molecule has 0 aliphatic rings. The van der Waals surface area contributed by atoms with Gasteiger partial charge in [-0.05, 0) is 19.1 Å². The zero-order chi connectivity index (χ0) is 18.5. The number of hydrogen-bond acceptors (Lipinski definition) is 7. The van der Waals surface area contributed by atoms with Gasteiger partial charge in [-0.25, -0.2) is 4.68 Å². The number of thioether (sulfide) groups is 1. The van der Waals surface area contributed by atoms with Crippen LogP contribution in [0.3, 0.4) is 0 Å². The number of nitrogens with two attached hydrogens (primary N) is 1. The van der Waals surface area contributed by atoms with Crippen molar-refractivity contribution in [2.75, 3.05) is 18.7 Å². The van der Waals surface area contributed by atoms with E-state index in [2.05, 4.69) is 15.5 Å². The van der Waals surface area contributed by atoms with Crippen molar-refractivity contribution in [3.8, 4) is 17.1 Å². The molecule has 3 N–H and O–H groups in total. The third-order valence-corrected chi connectivity index (χ3v) is 4.71. The number of amides is 1. The maximum Gasteiger partial charge on any atom is 0.230 e. The lowest BCUT2D eigenvalue weighted by atomic mass is 10.2. The number of carbonyl (C=O) groups excluding carboxylic acids is 1. The van der Waals surface area contributed by atoms with Crippen LogP contribution in [-0.4, -0.2) is 33.6 Å². The molecule has 2 aromatic heterocycles. The Kier molecular flexibility index (Phi) is 5.47. The quantitative estimate of drug-likeness (QED) is 0.481. The summed E-state index contributed by atoms with van der Waals surface area (Å²) in [6.45, 7) is 2.21. The van der Waals surface area contributed by atoms with E-state index in [1.165, 1.54) is 16.4 Å². The van der Waals surface area contributed by atoms with Crippen molar-refractivity contribution in [2.24, 2.45) is 0 Å². The third-order valence-electron chi connectivity index (χ3n) is 3.77. The van der Waals surface area contributed by atoms with Gasteiger partial charge in [0, 0.05) is 12.1 Å². The molecule has 136 valence electrons. The summed E-state index contributed by atoms with van der Waals surface area (Å²) >= 11 is 1.21. The molecule has 0 saturated heterocycles. The Labute approximate surface area is 154 Å². The fourth-order valence-corrected chi connectivity index (χ4v) is 3.09. The predicted molar refractivity (Wildman–Crippen MR) is 98.2 cm³/mol. The molecular formula is C17H19N5O3S. The van der Waals surface area contributed by atoms with E-state index in [-0.39, 0.29) is 11.7 Å². The summed E-state index contributed by atoms with van der Waals surface area (Å²) in [6, 6.07) is 9.31. The van der Waals surface area contributed by atoms with Crippen LogP contribution in [0, 0.1) is 6.92 Å². The minimum absolute atomic E-state index is 0.134. The van der Waals surface area contributed by atoms with Gasteiger partial charge in [0.1, 0.15) is 11.5 Å². The first-order valence-corrected chi connectivity index (χ1v) is 8.85. The maximum atomic E-state index is 12.1. The van der Waals surface area contributed by atoms with Crippen LogP contribution in [0.5, 0.6) is 5.75 Å². The van der Waals surface area contributed by atoms with Gasteiger partial charge in [0.25, 0.3) is 0 Å². The van der Waals surface area contributed by atoms with Crippen LogP contribution in [0.1, 0.15) is 11.3 Å². The van der Waals surface area contributed by atoms with Crippen LogP contribution >= 0.6 is 11.8 Å². The Hall–Kier alpha value is -2.94. The molecule has 1 amide bonds. The Bertz CT molecular complexity index is 905. The Morgan fingerprint density at radius 3 is 2.88 bits per heavy atom. The van der Waals surface area contributed by atoms with E-state index in [1.807, 2.05) is 31.2 Å². The van der Waals surface area contributed by atoms with Crippen LogP contribution in [0.4, 0.5) is 0 Å². The van der Waals surface area contributed by atoms with E-state index in [4.69, 9.17) is 15.0 Å². The molecule has 0 aliphatic heterocycles. The first kappa shape index (κ1) is 17.9. The number of nitrogens with one attached hydrogen (secondary N) is 1. The van der Waals surface area contributed by atoms with Crippen molar-refractivity contribution >= 4 is 17.7 Å². The standard InChI is InChI=1S/C17H19N5O3S/c1-11-13(7-8-25-11)16-20-21-17(22(16)18)26-10-15(23)19-9-12-5-3-4-6-14(12)24-2/h3-8H,9-10,18H2,1-2H3,(H,19,23). The van der Waals surface area contributed by atoms with Crippen molar-refractivity contribution < 1.29 is 13.9 Å². The summed E-state index contributed by atoms with van der Waals surface area (Å²) in [5.74, 6) is 8.01. The molecule has 26 heavy (non-hydrogen) atoms. The number of rotatable bonds is 7. The molecule has 0 spiro atoms. The first-order valence-electron chi connectivity index (χ1n) is 7.86. The van der Waals surface area contributed by atoms with E-state index >= 15 is 0 Å². The van der Waals surface area contributed by atoms with Gasteiger partial charge >= 0.3 is 0 Å². The lowest BCUT2D eigenvalue weighted by Crippen LogP contribution is -2.25. The summed E-state index contributed by atoms with van der Waals surface area (Å²) in [6.07, 6.45) is 1.57. The summed E-state index contributed by atoms with van der Waals surface area (Å²) in [4.78, 5) is 12.1. The molecule has 0 fully saturated rings. The first-order chi connectivity index (χ1) is 12.6. The lowest BCUT2D eigenvalue weighted by Gasteiger charge is -2.09. The highest BCUT2D eigenvalue weighted by molar-refractivity contribution is 7.99. The molecule has 0 radical (unpaired) electrons. The summed E-state index contributed by atoms with van der Waals surface area (Å²) < 4.78 is 11.9. The molecule has 0 aliphatic carbocycles. The fourth-order valence-electron chi connectivity index (χ4n) is 2.40. The van der Waals surface area contributed by atoms with Gasteiger partial charge in [-0.1, -0.05) is 30.0 Å². The number of aryl methyl sites for hydroxylation is 1. The van der Waals surface area contributed by atoms with Gasteiger partial charge in [-0.15, -0.1) is 10.2 Å². The number of nitrogen functional groups attached to an aromatic ring is 1. The van der Waals surface area contributed by atoms with Gasteiger partial charge < -0.3 is 20.3 Å². The number of methoxy groups -OCH3 is 1. The van der Waals surface area contributed by atoms with Crippen molar-refractivity contribution in [2.45, 2.75) is 18.6 Å². The normalized spacial score (nSPS) is 10.7. The predicted octanol–water partition coefficient (Wildman–Crippen LogP) is 1.98. The number of benzene rings is 1. The highest BCUT2D eigenvalue weighted by Crippen LogP contribution is 2.24. The van der Waals surface area contributed by atoms with Crippen LogP contribution in [0.25, 0.3) is 11.4 Å². The van der Waals surface area contributed by atoms with Crippen LogP contribution in [-0.2, 0) is 11.3 Å². The number of para-hydroxylation sites is 1. The molecule has 9 heteroatoms. The highest BCUT2D eigenvalue weighted by atomic mass is 32.2.